The Balaban J connectivity index is 1.69. The molecule has 0 aromatic carbocycles. The summed E-state index contributed by atoms with van der Waals surface area (Å²) in [5.74, 6) is -15.2. The molecule has 0 amide bonds. The second-order valence-corrected chi connectivity index (χ2v) is 6.55. The highest BCUT2D eigenvalue weighted by Gasteiger charge is 2.69. The van der Waals surface area contributed by atoms with Gasteiger partial charge in [0.1, 0.15) is 6.10 Å². The fourth-order valence-electron chi connectivity index (χ4n) is 4.61. The maximum absolute atomic E-state index is 13.4. The largest absolute Gasteiger partial charge is 0.477 e. The first-order valence-electron chi connectivity index (χ1n) is 7.36. The minimum Gasteiger partial charge on any atom is -0.477 e. The number of carboxylic acid groups (broad SMARTS) is 1. The Labute approximate surface area is 123 Å². The Hall–Kier alpha value is -1.34. The van der Waals surface area contributed by atoms with Crippen molar-refractivity contribution in [3.8, 4) is 0 Å². The number of hydrogen-bond acceptors (Lipinski definition) is 3. The van der Waals surface area contributed by atoms with E-state index in [4.69, 9.17) is 5.11 Å². The van der Waals surface area contributed by atoms with Crippen LogP contribution >= 0.6 is 0 Å². The topological polar surface area (TPSA) is 63.6 Å². The van der Waals surface area contributed by atoms with E-state index in [1.54, 1.807) is 0 Å². The van der Waals surface area contributed by atoms with Crippen molar-refractivity contribution in [3.63, 3.8) is 0 Å². The number of ether oxygens (including phenoxy) is 1. The quantitative estimate of drug-likeness (QED) is 0.638. The van der Waals surface area contributed by atoms with Crippen molar-refractivity contribution in [3.05, 3.63) is 0 Å². The number of carbonyl (C=O) groups excluding carboxylic acids is 1. The van der Waals surface area contributed by atoms with Gasteiger partial charge in [0.25, 0.3) is 0 Å². The summed E-state index contributed by atoms with van der Waals surface area (Å²) in [4.78, 5) is 21.7. The van der Waals surface area contributed by atoms with E-state index in [0.717, 1.165) is 25.7 Å². The van der Waals surface area contributed by atoms with Gasteiger partial charge in [0.05, 0.1) is 0 Å². The third kappa shape index (κ3) is 2.02. The molecule has 3 aliphatic carbocycles. The standard InChI is InChI=1S/C14H16F4O4/c15-13(16,11(19)20)14(17,18)12(21)22-10-5-6-4-9(10)8-3-1-2-7(6)8/h6-10H,1-5H2,(H,19,20). The van der Waals surface area contributed by atoms with E-state index in [0.29, 0.717) is 24.2 Å². The molecule has 3 fully saturated rings. The molecule has 5 unspecified atom stereocenters. The van der Waals surface area contributed by atoms with Gasteiger partial charge in [-0.3, -0.25) is 0 Å². The molecule has 0 radical (unpaired) electrons. The number of rotatable bonds is 4. The lowest BCUT2D eigenvalue weighted by Gasteiger charge is -2.32. The van der Waals surface area contributed by atoms with Gasteiger partial charge in [-0.2, -0.15) is 17.6 Å². The summed E-state index contributed by atoms with van der Waals surface area (Å²) in [5.41, 5.74) is 0. The van der Waals surface area contributed by atoms with Crippen molar-refractivity contribution in [2.24, 2.45) is 23.7 Å². The smallest absolute Gasteiger partial charge is 0.415 e. The second kappa shape index (κ2) is 4.83. The summed E-state index contributed by atoms with van der Waals surface area (Å²) in [5, 5.41) is 8.18. The third-order valence-electron chi connectivity index (χ3n) is 5.55. The Kier molecular flexibility index (Phi) is 3.41. The van der Waals surface area contributed by atoms with Gasteiger partial charge in [-0.25, -0.2) is 9.59 Å². The van der Waals surface area contributed by atoms with Crippen LogP contribution in [0.15, 0.2) is 0 Å². The molecule has 0 aromatic heterocycles. The van der Waals surface area contributed by atoms with Gasteiger partial charge in [0.2, 0.25) is 0 Å². The van der Waals surface area contributed by atoms with Crippen LogP contribution in [0.1, 0.15) is 32.1 Å². The number of carboxylic acids is 1. The van der Waals surface area contributed by atoms with Crippen LogP contribution in [0.25, 0.3) is 0 Å². The van der Waals surface area contributed by atoms with Crippen molar-refractivity contribution in [2.45, 2.75) is 50.1 Å². The van der Waals surface area contributed by atoms with Crippen LogP contribution in [-0.2, 0) is 14.3 Å². The molecule has 1 N–H and O–H groups in total. The molecule has 0 aliphatic heterocycles. The highest BCUT2D eigenvalue weighted by Crippen LogP contribution is 2.59. The van der Waals surface area contributed by atoms with Crippen molar-refractivity contribution in [1.29, 1.82) is 0 Å². The van der Waals surface area contributed by atoms with E-state index >= 15 is 0 Å². The zero-order chi connectivity index (χ0) is 16.3. The molecule has 3 rings (SSSR count). The van der Waals surface area contributed by atoms with Crippen LogP contribution < -0.4 is 0 Å². The Bertz CT molecular complexity index is 507. The molecular weight excluding hydrogens is 308 g/mol. The molecule has 3 aliphatic rings. The summed E-state index contributed by atoms with van der Waals surface area (Å²) < 4.78 is 57.4. The lowest BCUT2D eigenvalue weighted by atomic mass is 9.80. The summed E-state index contributed by atoms with van der Waals surface area (Å²) in [6.45, 7) is 0. The van der Waals surface area contributed by atoms with Gasteiger partial charge in [0.15, 0.2) is 0 Å². The van der Waals surface area contributed by atoms with Crippen LogP contribution in [0.5, 0.6) is 0 Å². The average Bonchev–Trinajstić information content (AvgIpc) is 3.09. The summed E-state index contributed by atoms with van der Waals surface area (Å²) >= 11 is 0. The van der Waals surface area contributed by atoms with Gasteiger partial charge < -0.3 is 9.84 Å². The van der Waals surface area contributed by atoms with Gasteiger partial charge in [-0.1, -0.05) is 6.42 Å². The maximum Gasteiger partial charge on any atom is 0.415 e. The first kappa shape index (κ1) is 15.6. The maximum atomic E-state index is 13.4. The SMILES string of the molecule is O=C(O)C(F)(F)C(F)(F)C(=O)OC1CC2CC1C1CCCC21. The van der Waals surface area contributed by atoms with E-state index in [1.165, 1.54) is 0 Å². The van der Waals surface area contributed by atoms with Crippen LogP contribution in [0.3, 0.4) is 0 Å². The molecule has 0 spiro atoms. The first-order valence-corrected chi connectivity index (χ1v) is 7.36. The molecule has 22 heavy (non-hydrogen) atoms. The highest BCUT2D eigenvalue weighted by molar-refractivity contribution is 5.89. The summed E-state index contributed by atoms with van der Waals surface area (Å²) in [6, 6.07) is 0. The molecule has 2 bridgehead atoms. The Morgan fingerprint density at radius 2 is 1.59 bits per heavy atom. The van der Waals surface area contributed by atoms with Crippen molar-refractivity contribution in [2.75, 3.05) is 0 Å². The number of fused-ring (bicyclic) bond motifs is 5. The third-order valence-corrected chi connectivity index (χ3v) is 5.55. The monoisotopic (exact) mass is 324 g/mol. The normalized spacial score (nSPS) is 37.2. The van der Waals surface area contributed by atoms with Crippen molar-refractivity contribution < 1.29 is 37.0 Å². The van der Waals surface area contributed by atoms with Gasteiger partial charge >= 0.3 is 23.8 Å². The molecule has 0 aromatic rings. The summed E-state index contributed by atoms with van der Waals surface area (Å²) in [6.07, 6.45) is 3.46. The van der Waals surface area contributed by atoms with E-state index in [-0.39, 0.29) is 5.92 Å². The van der Waals surface area contributed by atoms with Crippen LogP contribution in [0.4, 0.5) is 17.6 Å². The number of alkyl halides is 4. The zero-order valence-electron chi connectivity index (χ0n) is 11.6. The lowest BCUT2D eigenvalue weighted by molar-refractivity contribution is -0.238. The molecule has 3 saturated carbocycles. The highest BCUT2D eigenvalue weighted by atomic mass is 19.3. The number of aliphatic carboxylic acids is 1. The summed E-state index contributed by atoms with van der Waals surface area (Å²) in [7, 11) is 0. The zero-order valence-corrected chi connectivity index (χ0v) is 11.6. The number of hydrogen-bond donors (Lipinski definition) is 1. The number of carbonyl (C=O) groups is 2. The van der Waals surface area contributed by atoms with Crippen LogP contribution in [0, 0.1) is 23.7 Å². The molecule has 124 valence electrons. The van der Waals surface area contributed by atoms with Crippen LogP contribution in [0.2, 0.25) is 0 Å². The Morgan fingerprint density at radius 1 is 0.955 bits per heavy atom. The fraction of sp³-hybridized carbons (Fsp3) is 0.857. The van der Waals surface area contributed by atoms with E-state index in [2.05, 4.69) is 4.74 Å². The van der Waals surface area contributed by atoms with Crippen molar-refractivity contribution >= 4 is 11.9 Å². The van der Waals surface area contributed by atoms with Crippen molar-refractivity contribution in [1.82, 2.24) is 0 Å². The van der Waals surface area contributed by atoms with Gasteiger partial charge in [-0.05, 0) is 49.4 Å². The minimum absolute atomic E-state index is 0.0595. The van der Waals surface area contributed by atoms with Gasteiger partial charge in [-0.15, -0.1) is 0 Å². The van der Waals surface area contributed by atoms with E-state index < -0.39 is 29.9 Å². The predicted molar refractivity (Wildman–Crippen MR) is 64.5 cm³/mol. The average molecular weight is 324 g/mol. The number of halogens is 4. The predicted octanol–water partition coefficient (Wildman–Crippen LogP) is 2.71. The van der Waals surface area contributed by atoms with Crippen LogP contribution in [-0.4, -0.2) is 35.0 Å². The molecule has 0 saturated heterocycles. The molecular formula is C14H16F4O4. The van der Waals surface area contributed by atoms with E-state index in [9.17, 15) is 27.2 Å². The number of esters is 1. The first-order chi connectivity index (χ1) is 10.2. The minimum atomic E-state index is -5.47. The second-order valence-electron chi connectivity index (χ2n) is 6.55. The Morgan fingerprint density at radius 3 is 2.23 bits per heavy atom. The molecule has 5 atom stereocenters. The molecule has 8 heteroatoms. The molecule has 0 heterocycles. The van der Waals surface area contributed by atoms with E-state index in [1.807, 2.05) is 0 Å². The molecule has 4 nitrogen and oxygen atoms in total. The van der Waals surface area contributed by atoms with Gasteiger partial charge in [0, 0.05) is 0 Å². The fourth-order valence-corrected chi connectivity index (χ4v) is 4.61. The lowest BCUT2D eigenvalue weighted by Crippen LogP contribution is -2.54.